The van der Waals surface area contributed by atoms with E-state index in [0.717, 1.165) is 16.2 Å². The molecule has 0 aromatic carbocycles. The van der Waals surface area contributed by atoms with Crippen molar-refractivity contribution in [1.82, 2.24) is 19.7 Å². The molecule has 2 aromatic rings. The van der Waals surface area contributed by atoms with E-state index in [9.17, 15) is 4.79 Å². The van der Waals surface area contributed by atoms with E-state index >= 15 is 0 Å². The van der Waals surface area contributed by atoms with Crippen LogP contribution in [0.3, 0.4) is 0 Å². The number of nitrogens with zero attached hydrogens (tertiary/aromatic N) is 4. The number of aliphatic carboxylic acids is 1. The van der Waals surface area contributed by atoms with E-state index in [2.05, 4.69) is 31.0 Å². The van der Waals surface area contributed by atoms with Crippen LogP contribution in [-0.4, -0.2) is 36.6 Å². The van der Waals surface area contributed by atoms with E-state index in [-0.39, 0.29) is 5.75 Å². The Balaban J connectivity index is 2.22. The zero-order chi connectivity index (χ0) is 13.1. The lowest BCUT2D eigenvalue weighted by atomic mass is 10.3. The predicted molar refractivity (Wildman–Crippen MR) is 70.3 cm³/mol. The Bertz CT molecular complexity index is 570. The first-order valence-electron chi connectivity index (χ1n) is 4.94. The fourth-order valence-corrected chi connectivity index (χ4v) is 2.10. The number of aryl methyl sites for hydroxylation is 1. The number of hydrogen-bond donors (Lipinski definition) is 1. The summed E-state index contributed by atoms with van der Waals surface area (Å²) in [5.74, 6) is -0.441. The van der Waals surface area contributed by atoms with Gasteiger partial charge in [-0.2, -0.15) is 4.98 Å². The summed E-state index contributed by atoms with van der Waals surface area (Å²) >= 11 is 4.43. The molecule has 0 aliphatic heterocycles. The SMILES string of the molecule is Cn1nc(-c2ccc(Br)cn2)nc1SCC(=O)O. The normalized spacial score (nSPS) is 10.6. The molecule has 0 aliphatic carbocycles. The monoisotopic (exact) mass is 328 g/mol. The molecule has 0 bridgehead atoms. The number of pyridine rings is 1. The van der Waals surface area contributed by atoms with Gasteiger partial charge >= 0.3 is 5.97 Å². The lowest BCUT2D eigenvalue weighted by Gasteiger charge is -1.94. The molecule has 2 aromatic heterocycles. The van der Waals surface area contributed by atoms with Crippen LogP contribution in [0.1, 0.15) is 0 Å². The summed E-state index contributed by atoms with van der Waals surface area (Å²) < 4.78 is 2.43. The number of carboxylic acids is 1. The molecule has 0 atom stereocenters. The highest BCUT2D eigenvalue weighted by atomic mass is 79.9. The third-order valence-electron chi connectivity index (χ3n) is 2.00. The third-order valence-corrected chi connectivity index (χ3v) is 3.48. The van der Waals surface area contributed by atoms with Crippen LogP contribution >= 0.6 is 27.7 Å². The zero-order valence-corrected chi connectivity index (χ0v) is 11.8. The second-order valence-electron chi connectivity index (χ2n) is 3.39. The Morgan fingerprint density at radius 3 is 2.94 bits per heavy atom. The smallest absolute Gasteiger partial charge is 0.313 e. The van der Waals surface area contributed by atoms with Gasteiger partial charge in [0.05, 0.1) is 5.75 Å². The van der Waals surface area contributed by atoms with Crippen molar-refractivity contribution in [2.24, 2.45) is 7.05 Å². The van der Waals surface area contributed by atoms with Gasteiger partial charge in [-0.1, -0.05) is 11.8 Å². The fraction of sp³-hybridized carbons (Fsp3) is 0.200. The predicted octanol–water partition coefficient (Wildman–Crippen LogP) is 1.82. The summed E-state index contributed by atoms with van der Waals surface area (Å²) in [5.41, 5.74) is 0.649. The lowest BCUT2D eigenvalue weighted by Crippen LogP contribution is -2.00. The molecule has 2 heterocycles. The maximum Gasteiger partial charge on any atom is 0.313 e. The van der Waals surface area contributed by atoms with Gasteiger partial charge in [-0.05, 0) is 28.1 Å². The van der Waals surface area contributed by atoms with E-state index in [1.807, 2.05) is 6.07 Å². The highest BCUT2D eigenvalue weighted by Crippen LogP contribution is 2.20. The van der Waals surface area contributed by atoms with E-state index < -0.39 is 5.97 Å². The van der Waals surface area contributed by atoms with E-state index in [4.69, 9.17) is 5.11 Å². The van der Waals surface area contributed by atoms with Crippen LogP contribution in [-0.2, 0) is 11.8 Å². The maximum atomic E-state index is 10.5. The summed E-state index contributed by atoms with van der Waals surface area (Å²) in [6.07, 6.45) is 1.66. The fourth-order valence-electron chi connectivity index (χ4n) is 1.24. The Labute approximate surface area is 116 Å². The molecule has 0 unspecified atom stereocenters. The molecule has 0 amide bonds. The van der Waals surface area contributed by atoms with E-state index in [1.165, 1.54) is 0 Å². The number of hydrogen-bond acceptors (Lipinski definition) is 5. The standard InChI is InChI=1S/C10H9BrN4O2S/c1-15-10(18-5-8(16)17)13-9(14-15)7-3-2-6(11)4-12-7/h2-4H,5H2,1H3,(H,16,17). The summed E-state index contributed by atoms with van der Waals surface area (Å²) in [6.45, 7) is 0. The topological polar surface area (TPSA) is 80.9 Å². The van der Waals surface area contributed by atoms with Crippen LogP contribution in [0.15, 0.2) is 28.0 Å². The van der Waals surface area contributed by atoms with Crippen LogP contribution in [0, 0.1) is 0 Å². The summed E-state index contributed by atoms with van der Waals surface area (Å²) in [5, 5.41) is 13.4. The minimum Gasteiger partial charge on any atom is -0.481 e. The van der Waals surface area contributed by atoms with Crippen molar-refractivity contribution in [3.8, 4) is 11.5 Å². The van der Waals surface area contributed by atoms with Crippen LogP contribution < -0.4 is 0 Å². The molecule has 1 N–H and O–H groups in total. The van der Waals surface area contributed by atoms with Gasteiger partial charge in [0.1, 0.15) is 5.69 Å². The molecule has 0 aliphatic rings. The molecular formula is C10H9BrN4O2S. The maximum absolute atomic E-state index is 10.5. The second kappa shape index (κ2) is 5.49. The first-order valence-corrected chi connectivity index (χ1v) is 6.71. The highest BCUT2D eigenvalue weighted by Gasteiger charge is 2.11. The molecule has 94 valence electrons. The lowest BCUT2D eigenvalue weighted by molar-refractivity contribution is -0.133. The molecule has 2 rings (SSSR count). The molecule has 8 heteroatoms. The number of carboxylic acid groups (broad SMARTS) is 1. The first kappa shape index (κ1) is 13.0. The van der Waals surface area contributed by atoms with Gasteiger partial charge in [0.15, 0.2) is 5.16 Å². The number of thioether (sulfide) groups is 1. The Hall–Kier alpha value is -1.41. The van der Waals surface area contributed by atoms with Crippen molar-refractivity contribution in [2.45, 2.75) is 5.16 Å². The van der Waals surface area contributed by atoms with Gasteiger partial charge < -0.3 is 5.11 Å². The zero-order valence-electron chi connectivity index (χ0n) is 9.37. The van der Waals surface area contributed by atoms with Crippen molar-refractivity contribution in [3.05, 3.63) is 22.8 Å². The van der Waals surface area contributed by atoms with Crippen LogP contribution in [0.25, 0.3) is 11.5 Å². The summed E-state index contributed by atoms with van der Waals surface area (Å²) in [4.78, 5) is 18.9. The van der Waals surface area contributed by atoms with Crippen molar-refractivity contribution in [1.29, 1.82) is 0 Å². The van der Waals surface area contributed by atoms with Crippen molar-refractivity contribution in [3.63, 3.8) is 0 Å². The van der Waals surface area contributed by atoms with Crippen molar-refractivity contribution in [2.75, 3.05) is 5.75 Å². The molecule has 0 saturated heterocycles. The van der Waals surface area contributed by atoms with Crippen LogP contribution in [0.2, 0.25) is 0 Å². The molecular weight excluding hydrogens is 320 g/mol. The van der Waals surface area contributed by atoms with Gasteiger partial charge in [0.2, 0.25) is 5.82 Å². The second-order valence-corrected chi connectivity index (χ2v) is 5.24. The van der Waals surface area contributed by atoms with Gasteiger partial charge in [0.25, 0.3) is 0 Å². The average Bonchev–Trinajstić information content (AvgIpc) is 2.69. The number of halogens is 1. The number of rotatable bonds is 4. The summed E-state index contributed by atoms with van der Waals surface area (Å²) in [6, 6.07) is 3.65. The van der Waals surface area contributed by atoms with Gasteiger partial charge in [-0.3, -0.25) is 9.78 Å². The Morgan fingerprint density at radius 1 is 1.56 bits per heavy atom. The minimum absolute atomic E-state index is 0.0419. The van der Waals surface area contributed by atoms with Crippen molar-refractivity contribution >= 4 is 33.7 Å². The highest BCUT2D eigenvalue weighted by molar-refractivity contribution is 9.10. The largest absolute Gasteiger partial charge is 0.481 e. The van der Waals surface area contributed by atoms with Gasteiger partial charge in [-0.25, -0.2) is 4.68 Å². The molecule has 6 nitrogen and oxygen atoms in total. The molecule has 0 saturated carbocycles. The molecule has 0 fully saturated rings. The van der Waals surface area contributed by atoms with Gasteiger partial charge in [0, 0.05) is 17.7 Å². The Kier molecular flexibility index (Phi) is 3.97. The summed E-state index contributed by atoms with van der Waals surface area (Å²) in [7, 11) is 1.72. The minimum atomic E-state index is -0.883. The van der Waals surface area contributed by atoms with Crippen LogP contribution in [0.4, 0.5) is 0 Å². The number of carbonyl (C=O) groups is 1. The third kappa shape index (κ3) is 3.08. The van der Waals surface area contributed by atoms with E-state index in [0.29, 0.717) is 16.7 Å². The Morgan fingerprint density at radius 2 is 2.33 bits per heavy atom. The quantitative estimate of drug-likeness (QED) is 0.862. The molecule has 0 spiro atoms. The number of aromatic nitrogens is 4. The van der Waals surface area contributed by atoms with Crippen LogP contribution in [0.5, 0.6) is 0 Å². The van der Waals surface area contributed by atoms with Crippen molar-refractivity contribution < 1.29 is 9.90 Å². The van der Waals surface area contributed by atoms with E-state index in [1.54, 1.807) is 24.0 Å². The first-order chi connectivity index (χ1) is 8.56. The molecule has 0 radical (unpaired) electrons. The average molecular weight is 329 g/mol. The molecule has 18 heavy (non-hydrogen) atoms. The van der Waals surface area contributed by atoms with Gasteiger partial charge in [-0.15, -0.1) is 5.10 Å².